The molecule has 1 aromatic heterocycles. The Hall–Kier alpha value is -4.04. The summed E-state index contributed by atoms with van der Waals surface area (Å²) in [4.78, 5) is 19.2. The zero-order chi connectivity index (χ0) is 25.1. The Morgan fingerprint density at radius 1 is 1.03 bits per heavy atom. The number of imidazole rings is 1. The van der Waals surface area contributed by atoms with Crippen molar-refractivity contribution in [1.29, 1.82) is 0 Å². The molecule has 0 saturated heterocycles. The molecule has 1 atom stereocenters. The minimum Gasteiger partial charge on any atom is -0.507 e. The Morgan fingerprint density at radius 2 is 1.74 bits per heavy atom. The molecule has 0 aliphatic rings. The number of aryl methyl sites for hydroxylation is 1. The zero-order valence-electron chi connectivity index (χ0n) is 20.1. The normalized spacial score (nSPS) is 11.9. The Morgan fingerprint density at radius 3 is 2.46 bits per heavy atom. The summed E-state index contributed by atoms with van der Waals surface area (Å²) in [6, 6.07) is 14.6. The molecule has 4 aromatic rings. The maximum Gasteiger partial charge on any atom is 0.335 e. The number of aromatic nitrogens is 2. The number of hydrogen-bond donors (Lipinski definition) is 3. The monoisotopic (exact) mass is 476 g/mol. The molecule has 3 aromatic carbocycles. The standard InChI is InChI=1S/C27H28N2O6/c1-15-11-24(16(2)17(3)26(15)31)35-20-9-10-21-22(13-20)29-25(28-21)14-34-19-7-5-18(6-8-19)12-23(30)27(32)33-4/h5-11,13,23,30-31H,12,14H2,1-4H3,(H,28,29). The zero-order valence-corrected chi connectivity index (χ0v) is 20.1. The topological polar surface area (TPSA) is 114 Å². The second-order valence-electron chi connectivity index (χ2n) is 8.43. The summed E-state index contributed by atoms with van der Waals surface area (Å²) in [6.45, 7) is 5.87. The van der Waals surface area contributed by atoms with Gasteiger partial charge >= 0.3 is 5.97 Å². The van der Waals surface area contributed by atoms with Gasteiger partial charge in [-0.25, -0.2) is 9.78 Å². The van der Waals surface area contributed by atoms with Gasteiger partial charge in [0, 0.05) is 12.5 Å². The van der Waals surface area contributed by atoms with Gasteiger partial charge in [0.2, 0.25) is 0 Å². The van der Waals surface area contributed by atoms with Gasteiger partial charge in [-0.3, -0.25) is 0 Å². The first-order valence-electron chi connectivity index (χ1n) is 11.2. The molecular formula is C27H28N2O6. The van der Waals surface area contributed by atoms with Gasteiger partial charge < -0.3 is 29.4 Å². The van der Waals surface area contributed by atoms with E-state index in [1.165, 1.54) is 7.11 Å². The first-order valence-corrected chi connectivity index (χ1v) is 11.2. The molecule has 35 heavy (non-hydrogen) atoms. The molecule has 1 heterocycles. The highest BCUT2D eigenvalue weighted by atomic mass is 16.5. The van der Waals surface area contributed by atoms with Gasteiger partial charge in [-0.2, -0.15) is 0 Å². The first-order chi connectivity index (χ1) is 16.7. The fraction of sp³-hybridized carbons (Fsp3) is 0.259. The second-order valence-corrected chi connectivity index (χ2v) is 8.43. The van der Waals surface area contributed by atoms with Crippen molar-refractivity contribution < 1.29 is 29.2 Å². The first kappa shape index (κ1) is 24.1. The predicted molar refractivity (Wildman–Crippen MR) is 131 cm³/mol. The molecule has 8 nitrogen and oxygen atoms in total. The van der Waals surface area contributed by atoms with Crippen molar-refractivity contribution in [2.24, 2.45) is 0 Å². The number of aliphatic hydroxyl groups excluding tert-OH is 1. The molecule has 0 amide bonds. The third kappa shape index (κ3) is 5.38. The third-order valence-electron chi connectivity index (χ3n) is 5.94. The van der Waals surface area contributed by atoms with Crippen LogP contribution in [0.15, 0.2) is 48.5 Å². The van der Waals surface area contributed by atoms with Crippen LogP contribution in [0.3, 0.4) is 0 Å². The molecule has 8 heteroatoms. The van der Waals surface area contributed by atoms with E-state index >= 15 is 0 Å². The minimum atomic E-state index is -1.19. The number of H-pyrrole nitrogens is 1. The number of esters is 1. The van der Waals surface area contributed by atoms with E-state index in [0.29, 0.717) is 23.1 Å². The van der Waals surface area contributed by atoms with Crippen molar-refractivity contribution in [2.45, 2.75) is 39.9 Å². The van der Waals surface area contributed by atoms with Crippen molar-refractivity contribution >= 4 is 17.0 Å². The van der Waals surface area contributed by atoms with Crippen LogP contribution in [0.4, 0.5) is 0 Å². The summed E-state index contributed by atoms with van der Waals surface area (Å²) in [5.41, 5.74) is 4.85. The van der Waals surface area contributed by atoms with Crippen LogP contribution in [0, 0.1) is 20.8 Å². The lowest BCUT2D eigenvalue weighted by molar-refractivity contribution is -0.150. The highest BCUT2D eigenvalue weighted by molar-refractivity contribution is 5.77. The number of rotatable bonds is 8. The fourth-order valence-corrected chi connectivity index (χ4v) is 3.75. The summed E-state index contributed by atoms with van der Waals surface area (Å²) >= 11 is 0. The Kier molecular flexibility index (Phi) is 6.93. The molecule has 0 fully saturated rings. The average molecular weight is 477 g/mol. The van der Waals surface area contributed by atoms with Gasteiger partial charge in [-0.1, -0.05) is 12.1 Å². The quantitative estimate of drug-likeness (QED) is 0.317. The number of aromatic amines is 1. The number of hydrogen-bond acceptors (Lipinski definition) is 7. The lowest BCUT2D eigenvalue weighted by atomic mass is 10.0. The fourth-order valence-electron chi connectivity index (χ4n) is 3.75. The Balaban J connectivity index is 1.41. The molecule has 0 aliphatic heterocycles. The lowest BCUT2D eigenvalue weighted by Gasteiger charge is -2.14. The molecule has 0 saturated carbocycles. The maximum atomic E-state index is 11.4. The number of aliphatic hydroxyl groups is 1. The van der Waals surface area contributed by atoms with E-state index in [9.17, 15) is 15.0 Å². The van der Waals surface area contributed by atoms with E-state index in [-0.39, 0.29) is 18.8 Å². The highest BCUT2D eigenvalue weighted by Crippen LogP contribution is 2.35. The minimum absolute atomic E-state index is 0.170. The van der Waals surface area contributed by atoms with Gasteiger partial charge in [0.25, 0.3) is 0 Å². The molecule has 4 rings (SSSR count). The number of phenols is 1. The van der Waals surface area contributed by atoms with Crippen molar-refractivity contribution in [3.8, 4) is 23.0 Å². The average Bonchev–Trinajstić information content (AvgIpc) is 3.27. The van der Waals surface area contributed by atoms with Crippen molar-refractivity contribution in [2.75, 3.05) is 7.11 Å². The number of methoxy groups -OCH3 is 1. The summed E-state index contributed by atoms with van der Waals surface area (Å²) < 4.78 is 16.5. The molecular weight excluding hydrogens is 448 g/mol. The smallest absolute Gasteiger partial charge is 0.335 e. The SMILES string of the molecule is COC(=O)C(O)Cc1ccc(OCc2nc3ccc(Oc4cc(C)c(O)c(C)c4C)cc3[nH]2)cc1. The molecule has 3 N–H and O–H groups in total. The number of fused-ring (bicyclic) bond motifs is 1. The summed E-state index contributed by atoms with van der Waals surface area (Å²) in [6.07, 6.45) is -1.02. The van der Waals surface area contributed by atoms with Crippen LogP contribution < -0.4 is 9.47 Å². The van der Waals surface area contributed by atoms with Gasteiger partial charge in [0.1, 0.15) is 35.4 Å². The number of nitrogens with one attached hydrogen (secondary N) is 1. The van der Waals surface area contributed by atoms with Crippen LogP contribution in [0.5, 0.6) is 23.0 Å². The number of ether oxygens (including phenoxy) is 3. The van der Waals surface area contributed by atoms with Crippen LogP contribution >= 0.6 is 0 Å². The van der Waals surface area contributed by atoms with Crippen molar-refractivity contribution in [1.82, 2.24) is 9.97 Å². The molecule has 0 radical (unpaired) electrons. The number of nitrogens with zero attached hydrogens (tertiary/aromatic N) is 1. The lowest BCUT2D eigenvalue weighted by Crippen LogP contribution is -2.24. The van der Waals surface area contributed by atoms with E-state index in [0.717, 1.165) is 33.3 Å². The van der Waals surface area contributed by atoms with E-state index < -0.39 is 12.1 Å². The van der Waals surface area contributed by atoms with Crippen molar-refractivity contribution in [3.05, 3.63) is 76.6 Å². The largest absolute Gasteiger partial charge is 0.507 e. The van der Waals surface area contributed by atoms with Crippen LogP contribution in [-0.2, 0) is 22.6 Å². The van der Waals surface area contributed by atoms with Crippen LogP contribution in [0.25, 0.3) is 11.0 Å². The van der Waals surface area contributed by atoms with Crippen LogP contribution in [0.2, 0.25) is 0 Å². The Labute approximate surface area is 203 Å². The van der Waals surface area contributed by atoms with Gasteiger partial charge in [-0.05, 0) is 73.4 Å². The van der Waals surface area contributed by atoms with Gasteiger partial charge in [0.05, 0.1) is 18.1 Å². The molecule has 0 aliphatic carbocycles. The number of aromatic hydroxyl groups is 1. The van der Waals surface area contributed by atoms with E-state index in [1.54, 1.807) is 24.3 Å². The van der Waals surface area contributed by atoms with Crippen molar-refractivity contribution in [3.63, 3.8) is 0 Å². The van der Waals surface area contributed by atoms with E-state index in [4.69, 9.17) is 9.47 Å². The van der Waals surface area contributed by atoms with Gasteiger partial charge in [-0.15, -0.1) is 0 Å². The number of carbonyl (C=O) groups is 1. The highest BCUT2D eigenvalue weighted by Gasteiger charge is 2.16. The number of carbonyl (C=O) groups excluding carboxylic acids is 1. The number of phenolic OH excluding ortho intramolecular Hbond substituents is 1. The maximum absolute atomic E-state index is 11.4. The predicted octanol–water partition coefficient (Wildman–Crippen LogP) is 4.64. The second kappa shape index (κ2) is 10.1. The molecule has 182 valence electrons. The van der Waals surface area contributed by atoms with Gasteiger partial charge in [0.15, 0.2) is 6.10 Å². The summed E-state index contributed by atoms with van der Waals surface area (Å²) in [5, 5.41) is 19.9. The summed E-state index contributed by atoms with van der Waals surface area (Å²) in [7, 11) is 1.24. The van der Waals surface area contributed by atoms with Crippen LogP contribution in [0.1, 0.15) is 28.1 Å². The molecule has 0 bridgehead atoms. The number of benzene rings is 3. The molecule has 0 spiro atoms. The van der Waals surface area contributed by atoms with E-state index in [1.807, 2.05) is 45.0 Å². The van der Waals surface area contributed by atoms with Crippen LogP contribution in [-0.4, -0.2) is 39.4 Å². The van der Waals surface area contributed by atoms with E-state index in [2.05, 4.69) is 14.7 Å². The third-order valence-corrected chi connectivity index (χ3v) is 5.94. The summed E-state index contributed by atoms with van der Waals surface area (Å²) in [5.74, 6) is 2.28. The Bertz CT molecular complexity index is 1360. The molecule has 1 unspecified atom stereocenters.